The molecule has 28 heavy (non-hydrogen) atoms. The molecule has 0 spiro atoms. The first-order chi connectivity index (χ1) is 13.2. The van der Waals surface area contributed by atoms with E-state index in [2.05, 4.69) is 25.0 Å². The van der Waals surface area contributed by atoms with Crippen molar-refractivity contribution < 1.29 is 22.3 Å². The van der Waals surface area contributed by atoms with Gasteiger partial charge in [-0.05, 0) is 20.9 Å². The number of sulfonamides is 1. The smallest absolute Gasteiger partial charge is 0.276 e. The van der Waals surface area contributed by atoms with Gasteiger partial charge in [0.2, 0.25) is 5.88 Å². The second-order valence-corrected chi connectivity index (χ2v) is 7.44. The molecular formula is C16H17FN6O4S. The summed E-state index contributed by atoms with van der Waals surface area (Å²) in [6.07, 6.45) is 4.14. The van der Waals surface area contributed by atoms with E-state index >= 15 is 0 Å². The van der Waals surface area contributed by atoms with Crippen molar-refractivity contribution in [1.82, 2.24) is 24.1 Å². The van der Waals surface area contributed by atoms with Gasteiger partial charge in [-0.3, -0.25) is 4.79 Å². The zero-order valence-electron chi connectivity index (χ0n) is 15.2. The van der Waals surface area contributed by atoms with Crippen LogP contribution in [0.25, 0.3) is 5.65 Å². The van der Waals surface area contributed by atoms with Crippen LogP contribution in [0.5, 0.6) is 5.88 Å². The Balaban J connectivity index is 1.95. The third-order valence-electron chi connectivity index (χ3n) is 3.65. The first kappa shape index (κ1) is 19.6. The second-order valence-electron chi connectivity index (χ2n) is 5.66. The van der Waals surface area contributed by atoms with Gasteiger partial charge in [-0.15, -0.1) is 0 Å². The van der Waals surface area contributed by atoms with Crippen molar-refractivity contribution in [2.75, 3.05) is 19.0 Å². The number of amides is 1. The monoisotopic (exact) mass is 408 g/mol. The fourth-order valence-electron chi connectivity index (χ4n) is 2.42. The highest BCUT2D eigenvalue weighted by atomic mass is 32.2. The van der Waals surface area contributed by atoms with E-state index in [1.54, 1.807) is 20.0 Å². The molecule has 0 aromatic carbocycles. The molecule has 0 aliphatic carbocycles. The minimum absolute atomic E-state index is 0.0979. The van der Waals surface area contributed by atoms with Crippen LogP contribution in [0.15, 0.2) is 29.8 Å². The number of nitrogens with one attached hydrogen (secondary N) is 2. The van der Waals surface area contributed by atoms with E-state index in [0.717, 1.165) is 12.3 Å². The Morgan fingerprint density at radius 1 is 1.32 bits per heavy atom. The quantitative estimate of drug-likeness (QED) is 0.585. The number of hydrogen-bond acceptors (Lipinski definition) is 7. The maximum atomic E-state index is 14.2. The number of nitrogens with zero attached hydrogens (tertiary/aromatic N) is 4. The molecule has 0 bridgehead atoms. The Morgan fingerprint density at radius 2 is 2.07 bits per heavy atom. The summed E-state index contributed by atoms with van der Waals surface area (Å²) in [7, 11) is -2.70. The number of fused-ring (bicyclic) bond motifs is 1. The first-order valence-electron chi connectivity index (χ1n) is 8.14. The molecule has 0 atom stereocenters. The van der Waals surface area contributed by atoms with Crippen LogP contribution < -0.4 is 14.8 Å². The lowest BCUT2D eigenvalue weighted by atomic mass is 10.3. The molecule has 3 aromatic heterocycles. The summed E-state index contributed by atoms with van der Waals surface area (Å²) in [5.74, 6) is -1.50. The molecule has 0 aliphatic heterocycles. The topological polar surface area (TPSA) is 128 Å². The van der Waals surface area contributed by atoms with Crippen molar-refractivity contribution in [3.63, 3.8) is 0 Å². The van der Waals surface area contributed by atoms with Crippen molar-refractivity contribution in [1.29, 1.82) is 0 Å². The summed E-state index contributed by atoms with van der Waals surface area (Å²) >= 11 is 0. The number of carbonyl (C=O) groups is 1. The first-order valence-corrected chi connectivity index (χ1v) is 9.63. The number of ether oxygens (including phenoxy) is 1. The van der Waals surface area contributed by atoms with Crippen molar-refractivity contribution in [3.05, 3.63) is 41.7 Å². The zero-order valence-corrected chi connectivity index (χ0v) is 16.0. The molecule has 3 rings (SSSR count). The Morgan fingerprint density at radius 3 is 2.75 bits per heavy atom. The molecule has 0 radical (unpaired) electrons. The predicted molar refractivity (Wildman–Crippen MR) is 97.3 cm³/mol. The summed E-state index contributed by atoms with van der Waals surface area (Å²) < 4.78 is 46.7. The lowest BCUT2D eigenvalue weighted by molar-refractivity contribution is 0.102. The number of rotatable bonds is 6. The summed E-state index contributed by atoms with van der Waals surface area (Å²) in [4.78, 5) is 24.2. The fraction of sp³-hybridized carbons (Fsp3) is 0.250. The van der Waals surface area contributed by atoms with Crippen molar-refractivity contribution >= 4 is 27.3 Å². The molecule has 3 aromatic rings. The van der Waals surface area contributed by atoms with Gasteiger partial charge in [0.1, 0.15) is 5.56 Å². The van der Waals surface area contributed by atoms with Crippen LogP contribution in [0.3, 0.4) is 0 Å². The highest BCUT2D eigenvalue weighted by Gasteiger charge is 2.22. The molecule has 0 unspecified atom stereocenters. The maximum Gasteiger partial charge on any atom is 0.276 e. The second kappa shape index (κ2) is 7.48. The van der Waals surface area contributed by atoms with E-state index in [4.69, 9.17) is 4.74 Å². The predicted octanol–water partition coefficient (Wildman–Crippen LogP) is 1.13. The molecule has 10 nitrogen and oxygen atoms in total. The van der Waals surface area contributed by atoms with E-state index in [1.807, 2.05) is 0 Å². The average molecular weight is 408 g/mol. The number of carbonyl (C=O) groups excluding carboxylic acids is 1. The van der Waals surface area contributed by atoms with E-state index in [-0.39, 0.29) is 29.4 Å². The summed E-state index contributed by atoms with van der Waals surface area (Å²) in [5, 5.41) is 1.99. The number of hydrogen-bond donors (Lipinski definition) is 2. The van der Waals surface area contributed by atoms with Crippen LogP contribution in [0.1, 0.15) is 23.0 Å². The molecule has 2 N–H and O–H groups in total. The van der Waals surface area contributed by atoms with Gasteiger partial charge < -0.3 is 14.5 Å². The molecule has 0 aliphatic rings. The fourth-order valence-corrected chi connectivity index (χ4v) is 3.00. The largest absolute Gasteiger partial charge is 0.477 e. The molecule has 12 heteroatoms. The molecule has 1 amide bonds. The van der Waals surface area contributed by atoms with Gasteiger partial charge in [-0.25, -0.2) is 27.5 Å². The summed E-state index contributed by atoms with van der Waals surface area (Å²) in [6, 6.07) is 1.13. The minimum atomic E-state index is -3.91. The minimum Gasteiger partial charge on any atom is -0.477 e. The van der Waals surface area contributed by atoms with Crippen molar-refractivity contribution in [2.24, 2.45) is 0 Å². The van der Waals surface area contributed by atoms with E-state index in [9.17, 15) is 17.6 Å². The van der Waals surface area contributed by atoms with Gasteiger partial charge in [0, 0.05) is 24.7 Å². The van der Waals surface area contributed by atoms with Crippen LogP contribution >= 0.6 is 0 Å². The normalized spacial score (nSPS) is 11.6. The summed E-state index contributed by atoms with van der Waals surface area (Å²) in [6.45, 7) is 3.52. The highest BCUT2D eigenvalue weighted by Crippen LogP contribution is 2.20. The number of pyridine rings is 1. The average Bonchev–Trinajstić information content (AvgIpc) is 3.02. The van der Waals surface area contributed by atoms with Gasteiger partial charge in [0.15, 0.2) is 11.5 Å². The third-order valence-corrected chi connectivity index (χ3v) is 4.87. The molecular weight excluding hydrogens is 391 g/mol. The third kappa shape index (κ3) is 3.77. The standard InChI is InChI=1S/C16H17FN6O4S/c1-4-27-15-11(6-19-16(22-15)28(25,26)18-3)14(24)21-10-5-12(17)13-20-9(2)7-23(13)8-10/h5-8,18H,4H2,1-3H3,(H,21,24). The van der Waals surface area contributed by atoms with Crippen LogP contribution in [0.2, 0.25) is 0 Å². The van der Waals surface area contributed by atoms with Crippen LogP contribution in [0, 0.1) is 12.7 Å². The number of halogens is 1. The summed E-state index contributed by atoms with van der Waals surface area (Å²) in [5.41, 5.74) is 0.826. The van der Waals surface area contributed by atoms with Gasteiger partial charge in [-0.2, -0.15) is 4.98 Å². The molecule has 0 saturated carbocycles. The maximum absolute atomic E-state index is 14.2. The lowest BCUT2D eigenvalue weighted by Crippen LogP contribution is -2.23. The van der Waals surface area contributed by atoms with Gasteiger partial charge in [0.05, 0.1) is 18.0 Å². The van der Waals surface area contributed by atoms with E-state index in [0.29, 0.717) is 5.69 Å². The molecule has 0 fully saturated rings. The van der Waals surface area contributed by atoms with Gasteiger partial charge >= 0.3 is 0 Å². The number of anilines is 1. The van der Waals surface area contributed by atoms with Crippen molar-refractivity contribution in [3.8, 4) is 5.88 Å². The highest BCUT2D eigenvalue weighted by molar-refractivity contribution is 7.89. The molecule has 148 valence electrons. The van der Waals surface area contributed by atoms with Crippen LogP contribution in [0.4, 0.5) is 10.1 Å². The number of imidazole rings is 1. The Bertz CT molecular complexity index is 1160. The Labute approximate surface area is 159 Å². The Kier molecular flexibility index (Phi) is 5.25. The zero-order chi connectivity index (χ0) is 20.5. The molecule has 0 saturated heterocycles. The van der Waals surface area contributed by atoms with Gasteiger partial charge in [-0.1, -0.05) is 0 Å². The van der Waals surface area contributed by atoms with Crippen molar-refractivity contribution in [2.45, 2.75) is 19.0 Å². The van der Waals surface area contributed by atoms with Gasteiger partial charge in [0.25, 0.3) is 21.1 Å². The van der Waals surface area contributed by atoms with E-state index < -0.39 is 26.9 Å². The lowest BCUT2D eigenvalue weighted by Gasteiger charge is -2.11. The van der Waals surface area contributed by atoms with E-state index in [1.165, 1.54) is 17.6 Å². The SMILES string of the molecule is CCOc1nc(S(=O)(=O)NC)ncc1C(=O)Nc1cc(F)c2nc(C)cn2c1. The van der Waals surface area contributed by atoms with Crippen LogP contribution in [-0.4, -0.2) is 47.3 Å². The van der Waals surface area contributed by atoms with Crippen LogP contribution in [-0.2, 0) is 10.0 Å². The molecule has 3 heterocycles. The Hall–Kier alpha value is -3.12. The number of aryl methyl sites for hydroxylation is 1. The number of aromatic nitrogens is 4.